The van der Waals surface area contributed by atoms with Crippen LogP contribution in [0.2, 0.25) is 0 Å². The molecule has 0 aliphatic heterocycles. The Balaban J connectivity index is 2.88. The van der Waals surface area contributed by atoms with E-state index in [2.05, 4.69) is 0 Å². The summed E-state index contributed by atoms with van der Waals surface area (Å²) in [4.78, 5) is 0.321. The van der Waals surface area contributed by atoms with Crippen LogP contribution in [0.1, 0.15) is 38.7 Å². The van der Waals surface area contributed by atoms with Gasteiger partial charge in [-0.1, -0.05) is 19.1 Å². The fraction of sp³-hybridized carbons (Fsp3) is 0.571. The van der Waals surface area contributed by atoms with Crippen LogP contribution >= 0.6 is 0 Å². The molecule has 2 unspecified atom stereocenters. The van der Waals surface area contributed by atoms with Gasteiger partial charge in [-0.15, -0.1) is 0 Å². The summed E-state index contributed by atoms with van der Waals surface area (Å²) in [5.41, 5.74) is 0.954. The Labute approximate surface area is 115 Å². The predicted molar refractivity (Wildman–Crippen MR) is 74.9 cm³/mol. The molecule has 4 nitrogen and oxygen atoms in total. The van der Waals surface area contributed by atoms with Gasteiger partial charge in [-0.25, -0.2) is 8.42 Å². The SMILES string of the molecule is CC(CC(O)CO)c1ccc(S(=O)(=O)C(C)C)cc1. The maximum atomic E-state index is 12.0. The topological polar surface area (TPSA) is 74.6 Å². The third-order valence-electron chi connectivity index (χ3n) is 3.23. The van der Waals surface area contributed by atoms with Crippen molar-refractivity contribution in [1.82, 2.24) is 0 Å². The van der Waals surface area contributed by atoms with Gasteiger partial charge in [0.1, 0.15) is 0 Å². The molecule has 19 heavy (non-hydrogen) atoms. The third kappa shape index (κ3) is 4.03. The molecule has 1 rings (SSSR count). The number of benzene rings is 1. The molecule has 0 aromatic heterocycles. The smallest absolute Gasteiger partial charge is 0.180 e. The Kier molecular flexibility index (Phi) is 5.52. The zero-order chi connectivity index (χ0) is 14.6. The minimum atomic E-state index is -3.24. The van der Waals surface area contributed by atoms with Gasteiger partial charge in [0.2, 0.25) is 0 Å². The molecule has 0 aliphatic carbocycles. The second-order valence-corrected chi connectivity index (χ2v) is 7.64. The summed E-state index contributed by atoms with van der Waals surface area (Å²) in [7, 11) is -3.24. The Hall–Kier alpha value is -0.910. The summed E-state index contributed by atoms with van der Waals surface area (Å²) in [6, 6.07) is 6.74. The first-order valence-corrected chi connectivity index (χ1v) is 7.96. The van der Waals surface area contributed by atoms with Crippen molar-refractivity contribution in [3.05, 3.63) is 29.8 Å². The normalized spacial score (nSPS) is 15.5. The van der Waals surface area contributed by atoms with Crippen molar-refractivity contribution in [1.29, 1.82) is 0 Å². The molecule has 2 N–H and O–H groups in total. The van der Waals surface area contributed by atoms with E-state index in [0.717, 1.165) is 5.56 Å². The van der Waals surface area contributed by atoms with E-state index in [1.807, 2.05) is 6.92 Å². The van der Waals surface area contributed by atoms with Gasteiger partial charge in [-0.2, -0.15) is 0 Å². The molecule has 1 aromatic carbocycles. The van der Waals surface area contributed by atoms with Crippen molar-refractivity contribution in [2.45, 2.75) is 49.4 Å². The highest BCUT2D eigenvalue weighted by atomic mass is 32.2. The summed E-state index contributed by atoms with van der Waals surface area (Å²) in [5.74, 6) is 0.0676. The average molecular weight is 286 g/mol. The van der Waals surface area contributed by atoms with E-state index < -0.39 is 21.2 Å². The first-order chi connectivity index (χ1) is 8.78. The van der Waals surface area contributed by atoms with Gasteiger partial charge in [-0.3, -0.25) is 0 Å². The molecular weight excluding hydrogens is 264 g/mol. The fourth-order valence-electron chi connectivity index (χ4n) is 1.88. The Morgan fingerprint density at radius 3 is 2.05 bits per heavy atom. The van der Waals surface area contributed by atoms with E-state index in [4.69, 9.17) is 5.11 Å². The van der Waals surface area contributed by atoms with E-state index in [1.165, 1.54) is 0 Å². The quantitative estimate of drug-likeness (QED) is 0.835. The van der Waals surface area contributed by atoms with Crippen molar-refractivity contribution >= 4 is 9.84 Å². The molecule has 5 heteroatoms. The summed E-state index contributed by atoms with van der Waals surface area (Å²) in [5, 5.41) is 17.8. The lowest BCUT2D eigenvalue weighted by Gasteiger charge is -2.16. The van der Waals surface area contributed by atoms with E-state index in [1.54, 1.807) is 38.1 Å². The molecule has 1 aromatic rings. The van der Waals surface area contributed by atoms with Crippen LogP contribution in [0.4, 0.5) is 0 Å². The zero-order valence-corrected chi connectivity index (χ0v) is 12.4. The van der Waals surface area contributed by atoms with Gasteiger partial charge < -0.3 is 10.2 Å². The monoisotopic (exact) mass is 286 g/mol. The van der Waals surface area contributed by atoms with Crippen molar-refractivity contribution in [2.24, 2.45) is 0 Å². The third-order valence-corrected chi connectivity index (χ3v) is 5.41. The lowest BCUT2D eigenvalue weighted by Crippen LogP contribution is -2.16. The summed E-state index contributed by atoms with van der Waals surface area (Å²) >= 11 is 0. The van der Waals surface area contributed by atoms with Crippen LogP contribution in [0.3, 0.4) is 0 Å². The molecule has 2 atom stereocenters. The second-order valence-electron chi connectivity index (χ2n) is 5.14. The molecular formula is C14H22O4S. The highest BCUT2D eigenvalue weighted by molar-refractivity contribution is 7.92. The molecule has 0 saturated carbocycles. The first kappa shape index (κ1) is 16.1. The number of hydrogen-bond donors (Lipinski definition) is 2. The highest BCUT2D eigenvalue weighted by Gasteiger charge is 2.19. The minimum Gasteiger partial charge on any atom is -0.394 e. The Morgan fingerprint density at radius 1 is 1.11 bits per heavy atom. The van der Waals surface area contributed by atoms with Crippen LogP contribution in [0.5, 0.6) is 0 Å². The molecule has 0 aliphatic rings. The van der Waals surface area contributed by atoms with Crippen molar-refractivity contribution < 1.29 is 18.6 Å². The molecule has 0 bridgehead atoms. The lowest BCUT2D eigenvalue weighted by atomic mass is 9.95. The van der Waals surface area contributed by atoms with Crippen LogP contribution in [0, 0.1) is 0 Å². The van der Waals surface area contributed by atoms with E-state index in [9.17, 15) is 13.5 Å². The average Bonchev–Trinajstić information content (AvgIpc) is 2.38. The fourth-order valence-corrected chi connectivity index (χ4v) is 2.94. The summed E-state index contributed by atoms with van der Waals surface area (Å²) < 4.78 is 23.9. The maximum Gasteiger partial charge on any atom is 0.180 e. The van der Waals surface area contributed by atoms with E-state index in [0.29, 0.717) is 11.3 Å². The van der Waals surface area contributed by atoms with Gasteiger partial charge in [0.15, 0.2) is 9.84 Å². The van der Waals surface area contributed by atoms with E-state index >= 15 is 0 Å². The van der Waals surface area contributed by atoms with Gasteiger partial charge in [0.25, 0.3) is 0 Å². The van der Waals surface area contributed by atoms with Gasteiger partial charge >= 0.3 is 0 Å². The van der Waals surface area contributed by atoms with E-state index in [-0.39, 0.29) is 12.5 Å². The van der Waals surface area contributed by atoms with Crippen LogP contribution in [-0.4, -0.2) is 36.6 Å². The second kappa shape index (κ2) is 6.50. The van der Waals surface area contributed by atoms with Gasteiger partial charge in [0, 0.05) is 0 Å². The van der Waals surface area contributed by atoms with Crippen LogP contribution in [0.15, 0.2) is 29.2 Å². The van der Waals surface area contributed by atoms with Crippen molar-refractivity contribution in [2.75, 3.05) is 6.61 Å². The standard InChI is InChI=1S/C14H22O4S/c1-10(2)19(17,18)14-6-4-12(5-7-14)11(3)8-13(16)9-15/h4-7,10-11,13,15-16H,8-9H2,1-3H3. The molecule has 0 fully saturated rings. The largest absolute Gasteiger partial charge is 0.394 e. The molecule has 0 spiro atoms. The van der Waals surface area contributed by atoms with Crippen molar-refractivity contribution in [3.8, 4) is 0 Å². The maximum absolute atomic E-state index is 12.0. The van der Waals surface area contributed by atoms with Gasteiger partial charge in [0.05, 0.1) is 22.9 Å². The molecule has 0 saturated heterocycles. The molecule has 0 radical (unpaired) electrons. The van der Waals surface area contributed by atoms with Crippen LogP contribution in [-0.2, 0) is 9.84 Å². The summed E-state index contributed by atoms with van der Waals surface area (Å²) in [6.07, 6.45) is -0.290. The zero-order valence-electron chi connectivity index (χ0n) is 11.6. The van der Waals surface area contributed by atoms with Crippen LogP contribution in [0.25, 0.3) is 0 Å². The first-order valence-electron chi connectivity index (χ1n) is 6.41. The number of hydrogen-bond acceptors (Lipinski definition) is 4. The lowest BCUT2D eigenvalue weighted by molar-refractivity contribution is 0.0835. The number of aliphatic hydroxyl groups excluding tert-OH is 2. The van der Waals surface area contributed by atoms with Crippen molar-refractivity contribution in [3.63, 3.8) is 0 Å². The minimum absolute atomic E-state index is 0.0676. The Bertz CT molecular complexity index is 491. The summed E-state index contributed by atoms with van der Waals surface area (Å²) in [6.45, 7) is 4.99. The number of aliphatic hydroxyl groups is 2. The highest BCUT2D eigenvalue weighted by Crippen LogP contribution is 2.23. The molecule has 0 heterocycles. The molecule has 0 amide bonds. The van der Waals surface area contributed by atoms with Crippen LogP contribution < -0.4 is 0 Å². The molecule has 108 valence electrons. The predicted octanol–water partition coefficient (Wildman–Crippen LogP) is 1.72. The number of rotatable bonds is 6. The number of sulfone groups is 1. The van der Waals surface area contributed by atoms with Gasteiger partial charge in [-0.05, 0) is 43.9 Å². The Morgan fingerprint density at radius 2 is 1.63 bits per heavy atom.